The highest BCUT2D eigenvalue weighted by molar-refractivity contribution is 7.99. The van der Waals surface area contributed by atoms with E-state index in [0.717, 1.165) is 32.9 Å². The standard InChI is InChI=1S/C26H24N2O2S/c29-25(27-23-11-9-19-5-1-3-7-21(19)17-23)13-15-31-16-14-26(30)28-24-12-10-20-6-2-4-8-22(20)18-24/h1-12,17-18H,13-16H2,(H,27,29)(H,28,30). The van der Waals surface area contributed by atoms with Crippen LogP contribution >= 0.6 is 11.8 Å². The lowest BCUT2D eigenvalue weighted by atomic mass is 10.1. The van der Waals surface area contributed by atoms with Gasteiger partial charge in [0.2, 0.25) is 11.8 Å². The van der Waals surface area contributed by atoms with Crippen LogP contribution in [0.25, 0.3) is 21.5 Å². The van der Waals surface area contributed by atoms with Crippen molar-refractivity contribution in [2.45, 2.75) is 12.8 Å². The molecule has 5 heteroatoms. The number of hydrogen-bond donors (Lipinski definition) is 2. The fourth-order valence-electron chi connectivity index (χ4n) is 3.41. The van der Waals surface area contributed by atoms with Crippen LogP contribution in [0.4, 0.5) is 11.4 Å². The molecule has 0 heterocycles. The molecule has 0 aliphatic rings. The third-order valence-electron chi connectivity index (χ3n) is 5.01. The van der Waals surface area contributed by atoms with Gasteiger partial charge in [0, 0.05) is 35.7 Å². The highest BCUT2D eigenvalue weighted by Gasteiger charge is 2.06. The number of carbonyl (C=O) groups is 2. The number of nitrogens with one attached hydrogen (secondary N) is 2. The van der Waals surface area contributed by atoms with Gasteiger partial charge in [-0.3, -0.25) is 9.59 Å². The highest BCUT2D eigenvalue weighted by Crippen LogP contribution is 2.20. The predicted molar refractivity (Wildman–Crippen MR) is 132 cm³/mol. The summed E-state index contributed by atoms with van der Waals surface area (Å²) < 4.78 is 0. The Balaban J connectivity index is 1.16. The second-order valence-electron chi connectivity index (χ2n) is 7.33. The zero-order chi connectivity index (χ0) is 21.5. The summed E-state index contributed by atoms with van der Waals surface area (Å²) in [5.74, 6) is 1.34. The Morgan fingerprint density at radius 1 is 0.581 bits per heavy atom. The first kappa shape index (κ1) is 20.9. The Morgan fingerprint density at radius 2 is 1.00 bits per heavy atom. The number of rotatable bonds is 8. The lowest BCUT2D eigenvalue weighted by Gasteiger charge is -2.08. The van der Waals surface area contributed by atoms with Crippen molar-refractivity contribution in [1.29, 1.82) is 0 Å². The second-order valence-corrected chi connectivity index (χ2v) is 8.56. The van der Waals surface area contributed by atoms with Gasteiger partial charge in [-0.15, -0.1) is 0 Å². The summed E-state index contributed by atoms with van der Waals surface area (Å²) in [5, 5.41) is 10.4. The molecule has 4 rings (SSSR count). The molecule has 2 N–H and O–H groups in total. The van der Waals surface area contributed by atoms with Gasteiger partial charge in [-0.05, 0) is 45.8 Å². The van der Waals surface area contributed by atoms with Gasteiger partial charge in [0.15, 0.2) is 0 Å². The van der Waals surface area contributed by atoms with Gasteiger partial charge in [0.1, 0.15) is 0 Å². The number of thioether (sulfide) groups is 1. The molecule has 0 aliphatic carbocycles. The molecule has 0 aromatic heterocycles. The van der Waals surface area contributed by atoms with Gasteiger partial charge >= 0.3 is 0 Å². The number of hydrogen-bond acceptors (Lipinski definition) is 3. The topological polar surface area (TPSA) is 58.2 Å². The van der Waals surface area contributed by atoms with E-state index >= 15 is 0 Å². The van der Waals surface area contributed by atoms with E-state index in [1.807, 2.05) is 84.9 Å². The van der Waals surface area contributed by atoms with Crippen molar-refractivity contribution in [2.24, 2.45) is 0 Å². The van der Waals surface area contributed by atoms with E-state index in [9.17, 15) is 9.59 Å². The molecule has 0 unspecified atom stereocenters. The molecule has 0 saturated carbocycles. The lowest BCUT2D eigenvalue weighted by molar-refractivity contribution is -0.116. The van der Waals surface area contributed by atoms with Crippen LogP contribution in [-0.2, 0) is 9.59 Å². The van der Waals surface area contributed by atoms with Gasteiger partial charge in [0.05, 0.1) is 0 Å². The summed E-state index contributed by atoms with van der Waals surface area (Å²) in [6.45, 7) is 0. The smallest absolute Gasteiger partial charge is 0.225 e. The fourth-order valence-corrected chi connectivity index (χ4v) is 4.28. The molecular weight excluding hydrogens is 404 g/mol. The first-order valence-electron chi connectivity index (χ1n) is 10.3. The van der Waals surface area contributed by atoms with Crippen molar-refractivity contribution in [3.8, 4) is 0 Å². The number of benzene rings is 4. The van der Waals surface area contributed by atoms with Crippen LogP contribution in [0.5, 0.6) is 0 Å². The van der Waals surface area contributed by atoms with E-state index < -0.39 is 0 Å². The quantitative estimate of drug-likeness (QED) is 0.334. The van der Waals surface area contributed by atoms with Crippen LogP contribution in [0.2, 0.25) is 0 Å². The minimum Gasteiger partial charge on any atom is -0.326 e. The van der Waals surface area contributed by atoms with Crippen molar-refractivity contribution in [1.82, 2.24) is 0 Å². The van der Waals surface area contributed by atoms with Crippen LogP contribution in [0, 0.1) is 0 Å². The Labute approximate surface area is 186 Å². The molecular formula is C26H24N2O2S. The fraction of sp³-hybridized carbons (Fsp3) is 0.154. The van der Waals surface area contributed by atoms with E-state index in [-0.39, 0.29) is 11.8 Å². The Hall–Kier alpha value is -3.31. The molecule has 0 saturated heterocycles. The maximum Gasteiger partial charge on any atom is 0.225 e. The minimum absolute atomic E-state index is 0.0107. The van der Waals surface area contributed by atoms with Crippen molar-refractivity contribution < 1.29 is 9.59 Å². The molecule has 156 valence electrons. The van der Waals surface area contributed by atoms with E-state index in [1.54, 1.807) is 11.8 Å². The number of carbonyl (C=O) groups excluding carboxylic acids is 2. The molecule has 0 fully saturated rings. The summed E-state index contributed by atoms with van der Waals surface area (Å²) in [6, 6.07) is 28.0. The molecule has 0 spiro atoms. The third kappa shape index (κ3) is 5.86. The molecule has 4 aromatic rings. The summed E-state index contributed by atoms with van der Waals surface area (Å²) in [6.07, 6.45) is 0.841. The minimum atomic E-state index is -0.0107. The van der Waals surface area contributed by atoms with E-state index in [1.165, 1.54) is 0 Å². The van der Waals surface area contributed by atoms with E-state index in [2.05, 4.69) is 10.6 Å². The first-order chi connectivity index (χ1) is 15.2. The maximum atomic E-state index is 12.2. The van der Waals surface area contributed by atoms with Gasteiger partial charge < -0.3 is 10.6 Å². The van der Waals surface area contributed by atoms with E-state index in [4.69, 9.17) is 0 Å². The molecule has 0 atom stereocenters. The average molecular weight is 429 g/mol. The van der Waals surface area contributed by atoms with E-state index in [0.29, 0.717) is 24.3 Å². The van der Waals surface area contributed by atoms with Crippen LogP contribution in [0.1, 0.15) is 12.8 Å². The van der Waals surface area contributed by atoms with Crippen molar-refractivity contribution in [3.63, 3.8) is 0 Å². The van der Waals surface area contributed by atoms with Crippen LogP contribution in [0.3, 0.4) is 0 Å². The zero-order valence-corrected chi connectivity index (χ0v) is 18.0. The largest absolute Gasteiger partial charge is 0.326 e. The highest BCUT2D eigenvalue weighted by atomic mass is 32.2. The lowest BCUT2D eigenvalue weighted by Crippen LogP contribution is -2.14. The molecule has 0 bridgehead atoms. The molecule has 4 nitrogen and oxygen atoms in total. The number of fused-ring (bicyclic) bond motifs is 2. The SMILES string of the molecule is O=C(CCSCCC(=O)Nc1ccc2ccccc2c1)Nc1ccc2ccccc2c1. The van der Waals surface area contributed by atoms with Gasteiger partial charge in [-0.25, -0.2) is 0 Å². The third-order valence-corrected chi connectivity index (χ3v) is 6.00. The molecule has 4 aromatic carbocycles. The van der Waals surface area contributed by atoms with Gasteiger partial charge in [-0.1, -0.05) is 60.7 Å². The first-order valence-corrected chi connectivity index (χ1v) is 11.5. The molecule has 2 amide bonds. The van der Waals surface area contributed by atoms with Crippen molar-refractivity contribution in [3.05, 3.63) is 84.9 Å². The predicted octanol–water partition coefficient (Wildman–Crippen LogP) is 6.08. The number of amides is 2. The monoisotopic (exact) mass is 428 g/mol. The average Bonchev–Trinajstić information content (AvgIpc) is 2.78. The van der Waals surface area contributed by atoms with Crippen molar-refractivity contribution in [2.75, 3.05) is 22.1 Å². The van der Waals surface area contributed by atoms with Crippen LogP contribution in [-0.4, -0.2) is 23.3 Å². The molecule has 0 aliphatic heterocycles. The molecule has 0 radical (unpaired) electrons. The van der Waals surface area contributed by atoms with Crippen molar-refractivity contribution >= 4 is 56.5 Å². The van der Waals surface area contributed by atoms with Gasteiger partial charge in [0.25, 0.3) is 0 Å². The maximum absolute atomic E-state index is 12.2. The van der Waals surface area contributed by atoms with Crippen LogP contribution < -0.4 is 10.6 Å². The Bertz CT molecular complexity index is 1130. The summed E-state index contributed by atoms with van der Waals surface area (Å²) >= 11 is 1.61. The second kappa shape index (κ2) is 10.1. The van der Waals surface area contributed by atoms with Gasteiger partial charge in [-0.2, -0.15) is 11.8 Å². The summed E-state index contributed by atoms with van der Waals surface area (Å²) in [7, 11) is 0. The Kier molecular flexibility index (Phi) is 6.85. The van der Waals surface area contributed by atoms with Crippen LogP contribution in [0.15, 0.2) is 84.9 Å². The summed E-state index contributed by atoms with van der Waals surface area (Å²) in [5.41, 5.74) is 1.62. The normalized spacial score (nSPS) is 10.8. The zero-order valence-electron chi connectivity index (χ0n) is 17.1. The number of anilines is 2. The Morgan fingerprint density at radius 3 is 1.45 bits per heavy atom. The molecule has 31 heavy (non-hydrogen) atoms. The summed E-state index contributed by atoms with van der Waals surface area (Å²) in [4.78, 5) is 24.4.